The maximum atomic E-state index is 13.0. The predicted molar refractivity (Wildman–Crippen MR) is 74.6 cm³/mol. The minimum atomic E-state index is -0.313. The zero-order valence-corrected chi connectivity index (χ0v) is 11.1. The molecule has 1 unspecified atom stereocenters. The van der Waals surface area contributed by atoms with E-state index in [1.165, 1.54) is 17.7 Å². The molecule has 0 heterocycles. The Morgan fingerprint density at radius 3 is 2.61 bits per heavy atom. The van der Waals surface area contributed by atoms with Crippen molar-refractivity contribution in [1.82, 2.24) is 0 Å². The Labute approximate surface area is 112 Å². The van der Waals surface area contributed by atoms with Gasteiger partial charge in [0.2, 0.25) is 0 Å². The first-order valence-corrected chi connectivity index (χ1v) is 6.22. The lowest BCUT2D eigenvalue weighted by Crippen LogP contribution is -2.07. The molecule has 94 valence electrons. The fourth-order valence-electron chi connectivity index (χ4n) is 1.92. The minimum absolute atomic E-state index is 0.0277. The van der Waals surface area contributed by atoms with Gasteiger partial charge in [-0.25, -0.2) is 4.39 Å². The van der Waals surface area contributed by atoms with Crippen LogP contribution in [0.25, 0.3) is 0 Å². The Bertz CT molecular complexity index is 554. The molecule has 2 aromatic rings. The number of rotatable bonds is 3. The van der Waals surface area contributed by atoms with Crippen LogP contribution in [0.2, 0.25) is 5.02 Å². The number of benzene rings is 2. The largest absolute Gasteiger partial charge is 0.378 e. The van der Waals surface area contributed by atoms with Gasteiger partial charge < -0.3 is 5.32 Å². The average molecular weight is 264 g/mol. The predicted octanol–water partition coefficient (Wildman–Crippen LogP) is 4.96. The monoisotopic (exact) mass is 263 g/mol. The van der Waals surface area contributed by atoms with Crippen LogP contribution in [0.5, 0.6) is 0 Å². The number of hydrogen-bond donors (Lipinski definition) is 1. The fraction of sp³-hybridized carbons (Fsp3) is 0.200. The first kappa shape index (κ1) is 12.9. The van der Waals surface area contributed by atoms with Gasteiger partial charge in [0.25, 0.3) is 0 Å². The third-order valence-corrected chi connectivity index (χ3v) is 3.16. The Morgan fingerprint density at radius 2 is 1.94 bits per heavy atom. The van der Waals surface area contributed by atoms with Crippen molar-refractivity contribution < 1.29 is 4.39 Å². The van der Waals surface area contributed by atoms with Gasteiger partial charge in [-0.2, -0.15) is 0 Å². The fourth-order valence-corrected chi connectivity index (χ4v) is 2.25. The molecule has 0 amide bonds. The van der Waals surface area contributed by atoms with Crippen molar-refractivity contribution in [2.45, 2.75) is 19.9 Å². The first-order chi connectivity index (χ1) is 8.56. The smallest absolute Gasteiger partial charge is 0.124 e. The summed E-state index contributed by atoms with van der Waals surface area (Å²) in [4.78, 5) is 0. The maximum Gasteiger partial charge on any atom is 0.124 e. The van der Waals surface area contributed by atoms with E-state index in [4.69, 9.17) is 11.6 Å². The quantitative estimate of drug-likeness (QED) is 0.825. The molecule has 0 aliphatic heterocycles. The summed E-state index contributed by atoms with van der Waals surface area (Å²) in [7, 11) is 0. The highest BCUT2D eigenvalue weighted by Gasteiger charge is 2.10. The topological polar surface area (TPSA) is 12.0 Å². The first-order valence-electron chi connectivity index (χ1n) is 5.84. The van der Waals surface area contributed by atoms with Crippen LogP contribution < -0.4 is 5.32 Å². The van der Waals surface area contributed by atoms with E-state index in [1.54, 1.807) is 6.07 Å². The number of halogens is 2. The molecule has 0 bridgehead atoms. The Morgan fingerprint density at radius 1 is 1.17 bits per heavy atom. The van der Waals surface area contributed by atoms with Gasteiger partial charge in [-0.1, -0.05) is 29.8 Å². The summed E-state index contributed by atoms with van der Waals surface area (Å²) in [6.07, 6.45) is 0. The van der Waals surface area contributed by atoms with Crippen LogP contribution in [0.15, 0.2) is 42.5 Å². The van der Waals surface area contributed by atoms with E-state index in [0.717, 1.165) is 11.3 Å². The van der Waals surface area contributed by atoms with Gasteiger partial charge in [0.1, 0.15) is 5.82 Å². The van der Waals surface area contributed by atoms with Crippen molar-refractivity contribution in [3.63, 3.8) is 0 Å². The van der Waals surface area contributed by atoms with Crippen molar-refractivity contribution in [3.05, 3.63) is 64.4 Å². The number of hydrogen-bond acceptors (Lipinski definition) is 1. The number of aryl methyl sites for hydroxylation is 1. The van der Waals surface area contributed by atoms with Crippen LogP contribution in [0.4, 0.5) is 10.1 Å². The molecule has 0 aliphatic rings. The molecule has 18 heavy (non-hydrogen) atoms. The van der Waals surface area contributed by atoms with Gasteiger partial charge in [0, 0.05) is 16.8 Å². The second kappa shape index (κ2) is 5.40. The second-order valence-electron chi connectivity index (χ2n) is 4.40. The lowest BCUT2D eigenvalue weighted by molar-refractivity contribution is 0.626. The van der Waals surface area contributed by atoms with Gasteiger partial charge in [0.15, 0.2) is 0 Å². The van der Waals surface area contributed by atoms with Crippen molar-refractivity contribution in [3.8, 4) is 0 Å². The molecular formula is C15H15ClFN. The van der Waals surface area contributed by atoms with Gasteiger partial charge in [0.05, 0.1) is 0 Å². The number of nitrogens with one attached hydrogen (secondary N) is 1. The van der Waals surface area contributed by atoms with E-state index in [2.05, 4.69) is 11.4 Å². The molecule has 2 aromatic carbocycles. The van der Waals surface area contributed by atoms with Crippen molar-refractivity contribution in [2.75, 3.05) is 5.32 Å². The zero-order chi connectivity index (χ0) is 13.1. The molecule has 0 saturated heterocycles. The van der Waals surface area contributed by atoms with Crippen LogP contribution in [0.3, 0.4) is 0 Å². The highest BCUT2D eigenvalue weighted by Crippen LogP contribution is 2.26. The van der Waals surface area contributed by atoms with E-state index >= 15 is 0 Å². The molecule has 1 atom stereocenters. The third kappa shape index (κ3) is 3.02. The van der Waals surface area contributed by atoms with E-state index in [9.17, 15) is 4.39 Å². The Kier molecular flexibility index (Phi) is 3.87. The standard InChI is InChI=1S/C15H15ClFN/c1-10-4-3-5-13(8-10)18-11(2)14-7-6-12(17)9-15(14)16/h3-9,11,18H,1-2H3. The molecule has 0 fully saturated rings. The van der Waals surface area contributed by atoms with Crippen molar-refractivity contribution >= 4 is 17.3 Å². The Hall–Kier alpha value is -1.54. The van der Waals surface area contributed by atoms with Crippen LogP contribution in [-0.4, -0.2) is 0 Å². The van der Waals surface area contributed by atoms with Crippen LogP contribution in [0, 0.1) is 12.7 Å². The summed E-state index contributed by atoms with van der Waals surface area (Å²) in [5.74, 6) is -0.313. The van der Waals surface area contributed by atoms with Crippen LogP contribution in [0.1, 0.15) is 24.1 Å². The van der Waals surface area contributed by atoms with E-state index in [0.29, 0.717) is 5.02 Å². The zero-order valence-electron chi connectivity index (χ0n) is 10.4. The third-order valence-electron chi connectivity index (χ3n) is 2.83. The summed E-state index contributed by atoms with van der Waals surface area (Å²) in [5.41, 5.74) is 3.11. The molecule has 0 radical (unpaired) electrons. The molecule has 3 heteroatoms. The summed E-state index contributed by atoms with van der Waals surface area (Å²) in [6.45, 7) is 4.04. The van der Waals surface area contributed by atoms with Gasteiger partial charge in [-0.3, -0.25) is 0 Å². The van der Waals surface area contributed by atoms with Gasteiger partial charge in [-0.05, 0) is 49.2 Å². The molecule has 2 rings (SSSR count). The van der Waals surface area contributed by atoms with Crippen molar-refractivity contribution in [1.29, 1.82) is 0 Å². The number of anilines is 1. The van der Waals surface area contributed by atoms with Crippen LogP contribution >= 0.6 is 11.6 Å². The molecule has 0 spiro atoms. The maximum absolute atomic E-state index is 13.0. The molecular weight excluding hydrogens is 249 g/mol. The Balaban J connectivity index is 2.19. The summed E-state index contributed by atoms with van der Waals surface area (Å²) in [6, 6.07) is 12.6. The highest BCUT2D eigenvalue weighted by atomic mass is 35.5. The molecule has 1 N–H and O–H groups in total. The summed E-state index contributed by atoms with van der Waals surface area (Å²) in [5, 5.41) is 3.80. The van der Waals surface area contributed by atoms with E-state index < -0.39 is 0 Å². The summed E-state index contributed by atoms with van der Waals surface area (Å²) < 4.78 is 13.0. The second-order valence-corrected chi connectivity index (χ2v) is 4.81. The molecule has 0 aliphatic carbocycles. The normalized spacial score (nSPS) is 12.2. The highest BCUT2D eigenvalue weighted by molar-refractivity contribution is 6.31. The molecule has 0 saturated carbocycles. The molecule has 0 aromatic heterocycles. The van der Waals surface area contributed by atoms with Gasteiger partial charge in [-0.15, -0.1) is 0 Å². The minimum Gasteiger partial charge on any atom is -0.378 e. The van der Waals surface area contributed by atoms with Gasteiger partial charge >= 0.3 is 0 Å². The lowest BCUT2D eigenvalue weighted by atomic mass is 10.1. The SMILES string of the molecule is Cc1cccc(NC(C)c2ccc(F)cc2Cl)c1. The van der Waals surface area contributed by atoms with E-state index in [-0.39, 0.29) is 11.9 Å². The van der Waals surface area contributed by atoms with Crippen LogP contribution in [-0.2, 0) is 0 Å². The van der Waals surface area contributed by atoms with E-state index in [1.807, 2.05) is 32.0 Å². The van der Waals surface area contributed by atoms with Crippen molar-refractivity contribution in [2.24, 2.45) is 0 Å². The lowest BCUT2D eigenvalue weighted by Gasteiger charge is -2.17. The molecule has 1 nitrogen and oxygen atoms in total. The average Bonchev–Trinajstić information content (AvgIpc) is 2.28. The summed E-state index contributed by atoms with van der Waals surface area (Å²) >= 11 is 6.04.